The average molecular weight is 462 g/mol. The van der Waals surface area contributed by atoms with Gasteiger partial charge in [0.1, 0.15) is 6.04 Å². The van der Waals surface area contributed by atoms with Crippen LogP contribution < -0.4 is 11.5 Å². The lowest BCUT2D eigenvalue weighted by atomic mass is 9.67. The molecule has 2 aliphatic heterocycles. The zero-order valence-corrected chi connectivity index (χ0v) is 17.7. The van der Waals surface area contributed by atoms with Gasteiger partial charge in [-0.05, 0) is 31.6 Å². The minimum atomic E-state index is -4.85. The average Bonchev–Trinajstić information content (AvgIpc) is 3.03. The number of alkyl halides is 3. The summed E-state index contributed by atoms with van der Waals surface area (Å²) in [5.74, 6) is -4.74. The third kappa shape index (κ3) is 3.82. The molecule has 0 spiro atoms. The van der Waals surface area contributed by atoms with Crippen LogP contribution in [0.5, 0.6) is 0 Å². The molecule has 0 saturated carbocycles. The molecule has 0 aliphatic carbocycles. The summed E-state index contributed by atoms with van der Waals surface area (Å²) in [6, 6.07) is 3.31. The van der Waals surface area contributed by atoms with Crippen molar-refractivity contribution >= 4 is 17.8 Å². The maximum atomic E-state index is 13.9. The first kappa shape index (κ1) is 23.8. The zero-order valence-electron chi connectivity index (χ0n) is 17.7. The van der Waals surface area contributed by atoms with Crippen LogP contribution in [0.3, 0.4) is 0 Å². The number of nitrogens with two attached hydrogens (primary N) is 2. The molecule has 11 heteroatoms. The largest absolute Gasteiger partial charge is 0.461 e. The second-order valence-corrected chi connectivity index (χ2v) is 8.04. The molecule has 1 aromatic carbocycles. The summed E-state index contributed by atoms with van der Waals surface area (Å²) in [6.07, 6.45) is -1.86. The number of ether oxygens (including phenoxy) is 1. The molecule has 3 rings (SSSR count). The number of esters is 1. The summed E-state index contributed by atoms with van der Waals surface area (Å²) in [7, 11) is 0. The van der Waals surface area contributed by atoms with Gasteiger partial charge in [0.2, 0.25) is 11.8 Å². The molecule has 4 N–H and O–H groups in total. The summed E-state index contributed by atoms with van der Waals surface area (Å²) in [6.45, 7) is 3.07. The van der Waals surface area contributed by atoms with E-state index < -0.39 is 64.6 Å². The molecule has 33 heavy (non-hydrogen) atoms. The molecule has 174 valence electrons. The Morgan fingerprint density at radius 1 is 1.21 bits per heavy atom. The van der Waals surface area contributed by atoms with Crippen LogP contribution >= 0.6 is 0 Å². The summed E-state index contributed by atoms with van der Waals surface area (Å²) >= 11 is 0. The first-order valence-electron chi connectivity index (χ1n) is 9.91. The van der Waals surface area contributed by atoms with E-state index in [0.717, 1.165) is 29.3 Å². The number of fused-ring (bicyclic) bond motifs is 1. The molecule has 8 nitrogen and oxygen atoms in total. The van der Waals surface area contributed by atoms with Crippen LogP contribution in [0.1, 0.15) is 30.9 Å². The Bertz CT molecular complexity index is 1110. The molecule has 2 aliphatic rings. The predicted octanol–water partition coefficient (Wildman–Crippen LogP) is 1.73. The van der Waals surface area contributed by atoms with Gasteiger partial charge < -0.3 is 21.1 Å². The molecule has 1 aromatic rings. The van der Waals surface area contributed by atoms with Crippen molar-refractivity contribution in [3.63, 3.8) is 0 Å². The normalized spacial score (nSPS) is 26.4. The van der Waals surface area contributed by atoms with Gasteiger partial charge in [-0.15, -0.1) is 0 Å². The SMILES string of the molecule is CC(C)OC(=O)[C@@H]1[C@H](c2ccccc2C(F)(F)F)[C@@](C#N)(C(N)=O)[C@H]2C=CC(C(N)=O)=CN12. The Balaban J connectivity index is 2.37. The van der Waals surface area contributed by atoms with Crippen molar-refractivity contribution in [2.75, 3.05) is 0 Å². The summed E-state index contributed by atoms with van der Waals surface area (Å²) in [4.78, 5) is 38.9. The number of hydrogen-bond acceptors (Lipinski definition) is 6. The lowest BCUT2D eigenvalue weighted by Gasteiger charge is -2.32. The summed E-state index contributed by atoms with van der Waals surface area (Å²) in [5.41, 5.74) is 7.00. The van der Waals surface area contributed by atoms with E-state index in [4.69, 9.17) is 16.2 Å². The predicted molar refractivity (Wildman–Crippen MR) is 108 cm³/mol. The van der Waals surface area contributed by atoms with Gasteiger partial charge in [0.05, 0.1) is 29.4 Å². The van der Waals surface area contributed by atoms with Gasteiger partial charge in [-0.25, -0.2) is 4.79 Å². The van der Waals surface area contributed by atoms with Crippen LogP contribution in [0.2, 0.25) is 0 Å². The fourth-order valence-electron chi connectivity index (χ4n) is 4.46. The molecule has 1 saturated heterocycles. The smallest absolute Gasteiger partial charge is 0.416 e. The van der Waals surface area contributed by atoms with E-state index in [9.17, 15) is 32.8 Å². The molecule has 0 unspecified atom stereocenters. The van der Waals surface area contributed by atoms with Gasteiger partial charge in [0, 0.05) is 12.1 Å². The molecule has 0 bridgehead atoms. The van der Waals surface area contributed by atoms with Gasteiger partial charge in [-0.1, -0.05) is 24.3 Å². The van der Waals surface area contributed by atoms with Crippen LogP contribution in [0.4, 0.5) is 13.2 Å². The van der Waals surface area contributed by atoms with Crippen LogP contribution in [0.25, 0.3) is 0 Å². The monoisotopic (exact) mass is 462 g/mol. The fraction of sp³-hybridized carbons (Fsp3) is 0.364. The van der Waals surface area contributed by atoms with Crippen molar-refractivity contribution in [2.24, 2.45) is 16.9 Å². The summed E-state index contributed by atoms with van der Waals surface area (Å²) in [5, 5.41) is 10.2. The molecular formula is C22H21F3N4O4. The van der Waals surface area contributed by atoms with Gasteiger partial charge in [0.25, 0.3) is 0 Å². The maximum Gasteiger partial charge on any atom is 0.416 e. The van der Waals surface area contributed by atoms with Crippen molar-refractivity contribution in [3.05, 3.63) is 59.3 Å². The number of primary amides is 2. The van der Waals surface area contributed by atoms with E-state index in [1.54, 1.807) is 6.07 Å². The zero-order chi connectivity index (χ0) is 24.7. The fourth-order valence-corrected chi connectivity index (χ4v) is 4.46. The highest BCUT2D eigenvalue weighted by Gasteiger charge is 2.66. The van der Waals surface area contributed by atoms with Gasteiger partial charge in [-0.3, -0.25) is 9.59 Å². The lowest BCUT2D eigenvalue weighted by molar-refractivity contribution is -0.153. The second-order valence-electron chi connectivity index (χ2n) is 8.04. The van der Waals surface area contributed by atoms with E-state index in [-0.39, 0.29) is 5.57 Å². The molecule has 0 radical (unpaired) electrons. The number of benzene rings is 1. The first-order chi connectivity index (χ1) is 15.4. The molecule has 2 heterocycles. The molecule has 1 fully saturated rings. The summed E-state index contributed by atoms with van der Waals surface area (Å²) < 4.78 is 47.0. The molecule has 0 aromatic heterocycles. The Morgan fingerprint density at radius 2 is 1.85 bits per heavy atom. The number of rotatable bonds is 5. The number of nitrogens with zero attached hydrogens (tertiary/aromatic N) is 2. The van der Waals surface area contributed by atoms with E-state index in [1.165, 1.54) is 32.1 Å². The maximum absolute atomic E-state index is 13.9. The van der Waals surface area contributed by atoms with Crippen molar-refractivity contribution in [3.8, 4) is 6.07 Å². The Morgan fingerprint density at radius 3 is 2.36 bits per heavy atom. The number of hydrogen-bond donors (Lipinski definition) is 2. The van der Waals surface area contributed by atoms with Crippen LogP contribution in [-0.4, -0.2) is 40.9 Å². The number of halogens is 3. The highest BCUT2D eigenvalue weighted by molar-refractivity contribution is 5.96. The van der Waals surface area contributed by atoms with Crippen LogP contribution in [-0.2, 0) is 25.3 Å². The highest BCUT2D eigenvalue weighted by atomic mass is 19.4. The van der Waals surface area contributed by atoms with Gasteiger partial charge in [0.15, 0.2) is 5.41 Å². The van der Waals surface area contributed by atoms with E-state index >= 15 is 0 Å². The third-order valence-corrected chi connectivity index (χ3v) is 5.73. The molecule has 2 amide bonds. The van der Waals surface area contributed by atoms with Crippen molar-refractivity contribution in [1.29, 1.82) is 5.26 Å². The topological polar surface area (TPSA) is 140 Å². The highest BCUT2D eigenvalue weighted by Crippen LogP contribution is 2.55. The number of carbonyl (C=O) groups excluding carboxylic acids is 3. The lowest BCUT2D eigenvalue weighted by Crippen LogP contribution is -2.48. The van der Waals surface area contributed by atoms with Crippen molar-refractivity contribution in [1.82, 2.24) is 4.90 Å². The molecular weight excluding hydrogens is 441 g/mol. The first-order valence-corrected chi connectivity index (χ1v) is 9.91. The van der Waals surface area contributed by atoms with Crippen molar-refractivity contribution < 1.29 is 32.3 Å². The Labute approximate surface area is 187 Å². The number of nitriles is 1. The van der Waals surface area contributed by atoms with E-state index in [0.29, 0.717) is 0 Å². The number of carbonyl (C=O) groups is 3. The third-order valence-electron chi connectivity index (χ3n) is 5.73. The minimum absolute atomic E-state index is 0.0744. The van der Waals surface area contributed by atoms with Gasteiger partial charge >= 0.3 is 12.1 Å². The van der Waals surface area contributed by atoms with Gasteiger partial charge in [-0.2, -0.15) is 18.4 Å². The van der Waals surface area contributed by atoms with Crippen LogP contribution in [0.15, 0.2) is 48.2 Å². The standard InChI is InChI=1S/C22H21F3N4O4/c1-11(2)33-19(31)17-16(13-5-3-4-6-14(13)22(23,24)25)21(10-26,20(28)32)15-8-7-12(18(27)30)9-29(15)17/h3-9,11,15-17H,1-2H3,(H2,27,30)(H2,28,32)/t15-,16+,17+,21+/m1/s1. The quantitative estimate of drug-likeness (QED) is 0.639. The second kappa shape index (κ2) is 8.27. The van der Waals surface area contributed by atoms with E-state index in [1.807, 2.05) is 0 Å². The minimum Gasteiger partial charge on any atom is -0.461 e. The Kier molecular flexibility index (Phi) is 5.98. The van der Waals surface area contributed by atoms with E-state index in [2.05, 4.69) is 0 Å². The Hall–Kier alpha value is -3.81. The number of amides is 2. The van der Waals surface area contributed by atoms with Crippen LogP contribution in [0, 0.1) is 16.7 Å². The molecule has 4 atom stereocenters. The van der Waals surface area contributed by atoms with Crippen molar-refractivity contribution in [2.45, 2.75) is 44.1 Å².